The minimum absolute atomic E-state index is 0.707. The van der Waals surface area contributed by atoms with Crippen LogP contribution in [0.15, 0.2) is 136 Å². The van der Waals surface area contributed by atoms with Crippen LogP contribution >= 0.6 is 0 Å². The Labute approximate surface area is 289 Å². The zero-order valence-corrected chi connectivity index (χ0v) is 26.8. The Morgan fingerprint density at radius 1 is 0.490 bits per heavy atom. The Morgan fingerprint density at radius 2 is 0.961 bits per heavy atom. The van der Waals surface area contributed by atoms with Crippen molar-refractivity contribution in [3.63, 3.8) is 0 Å². The molecule has 4 aromatic carbocycles. The van der Waals surface area contributed by atoms with Gasteiger partial charge in [0, 0.05) is 44.0 Å². The number of fused-ring (bicyclic) bond motifs is 9. The van der Waals surface area contributed by atoms with Crippen molar-refractivity contribution in [2.75, 3.05) is 10.9 Å². The van der Waals surface area contributed by atoms with E-state index in [1.807, 2.05) is 36.4 Å². The minimum atomic E-state index is 0.707. The molecular weight excluding hydrogens is 637 g/mol. The van der Waals surface area contributed by atoms with Crippen LogP contribution in [0, 0.1) is 0 Å². The molecule has 0 bridgehead atoms. The second-order valence-electron chi connectivity index (χ2n) is 12.5. The highest BCUT2D eigenvalue weighted by molar-refractivity contribution is 6.08. The summed E-state index contributed by atoms with van der Waals surface area (Å²) in [6.07, 6.45) is 6.94. The van der Waals surface area contributed by atoms with Crippen LogP contribution in [0.3, 0.4) is 0 Å². The van der Waals surface area contributed by atoms with Crippen LogP contribution in [0.2, 0.25) is 0 Å². The molecule has 0 amide bonds. The molecule has 2 aliphatic rings. The van der Waals surface area contributed by atoms with Crippen molar-refractivity contribution in [3.05, 3.63) is 122 Å². The van der Waals surface area contributed by atoms with E-state index < -0.39 is 0 Å². The van der Waals surface area contributed by atoms with E-state index in [1.165, 1.54) is 0 Å². The summed E-state index contributed by atoms with van der Waals surface area (Å²) in [5, 5.41) is 4.04. The molecule has 51 heavy (non-hydrogen) atoms. The highest BCUT2D eigenvalue weighted by Gasteiger charge is 2.23. The molecule has 0 aliphatic carbocycles. The third-order valence-corrected chi connectivity index (χ3v) is 9.65. The average Bonchev–Trinajstić information content (AvgIpc) is 3.85. The highest BCUT2D eigenvalue weighted by Crippen LogP contribution is 2.44. The van der Waals surface area contributed by atoms with Gasteiger partial charge in [0.2, 0.25) is 0 Å². The smallest absolute Gasteiger partial charge is 0.157 e. The lowest BCUT2D eigenvalue weighted by Gasteiger charge is -2.15. The van der Waals surface area contributed by atoms with Gasteiger partial charge in [0.05, 0.1) is 34.8 Å². The average molecular weight is 663 g/mol. The first kappa shape index (κ1) is 27.5. The van der Waals surface area contributed by atoms with Gasteiger partial charge in [0.15, 0.2) is 22.8 Å². The third kappa shape index (κ3) is 4.12. The molecule has 0 radical (unpaired) electrons. The van der Waals surface area contributed by atoms with Gasteiger partial charge in [-0.1, -0.05) is 48.5 Å². The molecule has 0 saturated heterocycles. The minimum Gasteiger partial charge on any atom is -0.453 e. The first-order chi connectivity index (χ1) is 25.3. The number of anilines is 2. The topological polar surface area (TPSA) is 122 Å². The molecule has 0 fully saturated rings. The number of aliphatic imine (C=N–C) groups is 2. The number of para-hydroxylation sites is 2. The lowest BCUT2D eigenvalue weighted by molar-refractivity contribution is 0.665. The van der Waals surface area contributed by atoms with Gasteiger partial charge >= 0.3 is 0 Å². The normalized spacial score (nSPS) is 13.2. The van der Waals surface area contributed by atoms with Crippen LogP contribution in [-0.4, -0.2) is 31.8 Å². The maximum atomic E-state index is 6.24. The molecule has 242 valence electrons. The molecule has 2 aliphatic heterocycles. The molecule has 0 atom stereocenters. The van der Waals surface area contributed by atoms with Crippen LogP contribution in [0.4, 0.5) is 23.0 Å². The van der Waals surface area contributed by atoms with Crippen molar-refractivity contribution in [2.45, 2.75) is 0 Å². The lowest BCUT2D eigenvalue weighted by Crippen LogP contribution is -2.23. The van der Waals surface area contributed by atoms with Crippen molar-refractivity contribution in [1.29, 1.82) is 0 Å². The van der Waals surface area contributed by atoms with Gasteiger partial charge in [-0.2, -0.15) is 0 Å². The van der Waals surface area contributed by atoms with Crippen LogP contribution in [-0.2, 0) is 0 Å². The van der Waals surface area contributed by atoms with E-state index in [0.717, 1.165) is 89.5 Å². The second-order valence-corrected chi connectivity index (χ2v) is 12.5. The van der Waals surface area contributed by atoms with E-state index in [9.17, 15) is 0 Å². The Kier molecular flexibility index (Phi) is 5.70. The largest absolute Gasteiger partial charge is 0.453 e. The molecule has 9 aromatic rings. The van der Waals surface area contributed by atoms with Crippen LogP contribution < -0.4 is 21.7 Å². The summed E-state index contributed by atoms with van der Waals surface area (Å²) in [4.78, 5) is 19.0. The van der Waals surface area contributed by atoms with Crippen molar-refractivity contribution in [1.82, 2.24) is 30.0 Å². The molecule has 7 heterocycles. The molecule has 0 unspecified atom stereocenters. The molecule has 0 saturated carbocycles. The van der Waals surface area contributed by atoms with Crippen molar-refractivity contribution in [2.24, 2.45) is 9.98 Å². The zero-order valence-electron chi connectivity index (χ0n) is 26.8. The van der Waals surface area contributed by atoms with E-state index >= 15 is 0 Å². The van der Waals surface area contributed by atoms with Crippen molar-refractivity contribution in [3.8, 4) is 33.9 Å². The van der Waals surface area contributed by atoms with Gasteiger partial charge in [-0.05, 0) is 60.7 Å². The fourth-order valence-corrected chi connectivity index (χ4v) is 7.34. The number of rotatable bonds is 4. The quantitative estimate of drug-likeness (QED) is 0.149. The number of furan rings is 1. The summed E-state index contributed by atoms with van der Waals surface area (Å²) in [6, 6.07) is 37.5. The number of nitrogens with zero attached hydrogens (tertiary/aromatic N) is 6. The fraction of sp³-hybridized carbons (Fsp3) is 0. The molecule has 0 spiro atoms. The monoisotopic (exact) mass is 662 g/mol. The Balaban J connectivity index is 1.05. The van der Waals surface area contributed by atoms with Crippen molar-refractivity contribution >= 4 is 79.4 Å². The number of hydrazine groups is 2. The van der Waals surface area contributed by atoms with Crippen molar-refractivity contribution < 1.29 is 4.42 Å². The standard InChI is InChI=1S/C40H26N10O/c1-3-7-25(8-4-1)49-33-15-23(11-13-27(33)37-39(49)47-45-21-43-37)31-17-29-30-18-32(42-20-36(30)51-35(29)19-41-31)24-12-14-28-34(16-24)50(26-9-5-2-6-10-26)40-38(28)44-22-46-48-40/h1-22,47-48H,(H,43,45)(H,44,46). The Hall–Kier alpha value is -7.40. The molecule has 4 N–H and O–H groups in total. The second kappa shape index (κ2) is 10.5. The molecule has 11 heteroatoms. The van der Waals surface area contributed by atoms with Gasteiger partial charge in [0.25, 0.3) is 0 Å². The number of pyridine rings is 2. The summed E-state index contributed by atoms with van der Waals surface area (Å²) in [7, 11) is 0. The van der Waals surface area contributed by atoms with Gasteiger partial charge in [-0.25, -0.2) is 9.98 Å². The van der Waals surface area contributed by atoms with Gasteiger partial charge in [-0.3, -0.25) is 40.8 Å². The molecule has 5 aromatic heterocycles. The van der Waals surface area contributed by atoms with E-state index in [4.69, 9.17) is 14.4 Å². The van der Waals surface area contributed by atoms with E-state index in [0.29, 0.717) is 11.2 Å². The number of aromatic nitrogens is 4. The van der Waals surface area contributed by atoms with Crippen LogP contribution in [0.5, 0.6) is 0 Å². The van der Waals surface area contributed by atoms with E-state index in [2.05, 4.69) is 114 Å². The van der Waals surface area contributed by atoms with E-state index in [1.54, 1.807) is 25.1 Å². The highest BCUT2D eigenvalue weighted by atomic mass is 16.3. The molecule has 11 nitrogen and oxygen atoms in total. The number of hydrogen-bond acceptors (Lipinski definition) is 9. The fourth-order valence-electron chi connectivity index (χ4n) is 7.34. The van der Waals surface area contributed by atoms with Gasteiger partial charge in [-0.15, -0.1) is 0 Å². The van der Waals surface area contributed by atoms with E-state index in [-0.39, 0.29) is 0 Å². The lowest BCUT2D eigenvalue weighted by atomic mass is 10.0. The molecule has 11 rings (SSSR count). The predicted octanol–water partition coefficient (Wildman–Crippen LogP) is 8.78. The summed E-state index contributed by atoms with van der Waals surface area (Å²) >= 11 is 0. The van der Waals surface area contributed by atoms with Gasteiger partial charge < -0.3 is 4.42 Å². The van der Waals surface area contributed by atoms with Gasteiger partial charge in [0.1, 0.15) is 24.1 Å². The van der Waals surface area contributed by atoms with Crippen LogP contribution in [0.1, 0.15) is 0 Å². The Bertz CT molecular complexity index is 2720. The number of hydrogen-bond donors (Lipinski definition) is 4. The third-order valence-electron chi connectivity index (χ3n) is 9.65. The summed E-state index contributed by atoms with van der Waals surface area (Å²) in [6.45, 7) is 0. The SMILES string of the molecule is C1=Nc2c(n(-c3ccccc3)c3cc(-c4cc5c(cn4)oc4cnc(-c6ccc7c8c(n(-c9ccccc9)c7c6)NNC=N8)cc45)ccc23)NN1. The summed E-state index contributed by atoms with van der Waals surface area (Å²) in [5.74, 6) is 1.77. The predicted molar refractivity (Wildman–Crippen MR) is 204 cm³/mol. The molecular formula is C40H26N10O. The Morgan fingerprint density at radius 3 is 1.43 bits per heavy atom. The maximum Gasteiger partial charge on any atom is 0.157 e. The zero-order chi connectivity index (χ0) is 33.5. The number of benzene rings is 4. The summed E-state index contributed by atoms with van der Waals surface area (Å²) < 4.78 is 10.6. The first-order valence-corrected chi connectivity index (χ1v) is 16.5. The summed E-state index contributed by atoms with van der Waals surface area (Å²) in [5.41, 5.74) is 23.6. The maximum absolute atomic E-state index is 6.24. The number of nitrogens with one attached hydrogen (secondary N) is 4. The van der Waals surface area contributed by atoms with Crippen LogP contribution in [0.25, 0.3) is 77.6 Å². The first-order valence-electron chi connectivity index (χ1n) is 16.5.